The average Bonchev–Trinajstić information content (AvgIpc) is 2.57. The van der Waals surface area contributed by atoms with Crippen LogP contribution in [0.15, 0.2) is 48.5 Å². The van der Waals surface area contributed by atoms with Gasteiger partial charge in [0.1, 0.15) is 0 Å². The molecule has 0 bridgehead atoms. The van der Waals surface area contributed by atoms with E-state index in [1.54, 1.807) is 0 Å². The van der Waals surface area contributed by atoms with E-state index in [1.807, 2.05) is 48.5 Å². The van der Waals surface area contributed by atoms with E-state index >= 15 is 0 Å². The van der Waals surface area contributed by atoms with Gasteiger partial charge in [-0.3, -0.25) is 0 Å². The fraction of sp³-hybridized carbons (Fsp3) is 0.429. The molecule has 0 radical (unpaired) electrons. The maximum absolute atomic E-state index is 4.64. The summed E-state index contributed by atoms with van der Waals surface area (Å²) in [5.41, 5.74) is 2.19. The summed E-state index contributed by atoms with van der Waals surface area (Å²) in [5, 5.41) is 0. The van der Waals surface area contributed by atoms with Crippen molar-refractivity contribution in [3.63, 3.8) is 0 Å². The first-order chi connectivity index (χ1) is 12.2. The Kier molecular flexibility index (Phi) is 28.6. The van der Waals surface area contributed by atoms with Gasteiger partial charge in [-0.05, 0) is 60.0 Å². The van der Waals surface area contributed by atoms with E-state index in [0.29, 0.717) is 23.8 Å². The summed E-state index contributed by atoms with van der Waals surface area (Å²) in [5.74, 6) is 0. The molecule has 0 amide bonds. The molecule has 0 aliphatic rings. The third-order valence-electron chi connectivity index (χ3n) is 1.71. The van der Waals surface area contributed by atoms with Gasteiger partial charge < -0.3 is 0 Å². The smallest absolute Gasteiger partial charge is 0.144 e. The first-order valence-electron chi connectivity index (χ1n) is 8.06. The molecule has 0 saturated heterocycles. The molecule has 0 aliphatic heterocycles. The summed E-state index contributed by atoms with van der Waals surface area (Å²) >= 11 is 1.47. The molecule has 0 unspecified atom stereocenters. The van der Waals surface area contributed by atoms with Crippen molar-refractivity contribution in [2.24, 2.45) is 0 Å². The number of hydrogen-bond donors (Lipinski definition) is 0. The van der Waals surface area contributed by atoms with Gasteiger partial charge in [0.2, 0.25) is 0 Å². The van der Waals surface area contributed by atoms with Crippen LogP contribution in [-0.4, -0.2) is 60.0 Å². The van der Waals surface area contributed by atoms with Gasteiger partial charge in [0.05, 0.1) is 0 Å². The summed E-state index contributed by atoms with van der Waals surface area (Å²) in [6.07, 6.45) is 0. The summed E-state index contributed by atoms with van der Waals surface area (Å²) < 4.78 is 0. The van der Waals surface area contributed by atoms with Crippen molar-refractivity contribution in [3.05, 3.63) is 60.7 Å². The molecule has 0 spiro atoms. The van der Waals surface area contributed by atoms with E-state index in [4.69, 9.17) is 0 Å². The van der Waals surface area contributed by atoms with Gasteiger partial charge in [0.25, 0.3) is 0 Å². The third kappa shape index (κ3) is 32.4. The van der Waals surface area contributed by atoms with Gasteiger partial charge in [0, 0.05) is 0 Å². The second kappa shape index (κ2) is 23.7. The maximum atomic E-state index is 4.64. The van der Waals surface area contributed by atoms with Gasteiger partial charge in [-0.2, -0.15) is 48.5 Å². The van der Waals surface area contributed by atoms with Crippen LogP contribution in [0.1, 0.15) is 0 Å². The molecule has 26 heavy (non-hydrogen) atoms. The largest absolute Gasteiger partial charge is 0.226 e. The molecule has 0 heterocycles. The predicted molar refractivity (Wildman–Crippen MR) is 129 cm³/mol. The molecule has 0 fully saturated rings. The molecule has 0 nitrogen and oxygen atoms in total. The van der Waals surface area contributed by atoms with Gasteiger partial charge >= 0.3 is 27.5 Å². The van der Waals surface area contributed by atoms with E-state index < -0.39 is 0 Å². The van der Waals surface area contributed by atoms with E-state index in [9.17, 15) is 0 Å². The van der Waals surface area contributed by atoms with Crippen LogP contribution >= 0.6 is 33.3 Å². The molecule has 2 aromatic rings. The minimum Gasteiger partial charge on any atom is -0.226 e. The zero-order valence-electron chi connectivity index (χ0n) is 17.7. The second-order valence-electron chi connectivity index (χ2n) is 6.58. The van der Waals surface area contributed by atoms with Crippen molar-refractivity contribution in [1.82, 2.24) is 0 Å². The van der Waals surface area contributed by atoms with Gasteiger partial charge in [-0.1, -0.05) is 0 Å². The Bertz CT molecular complexity index is 417. The molecule has 150 valence electrons. The molecule has 2 rings (SSSR count). The monoisotopic (exact) mass is 608 g/mol. The number of halogens is 1. The maximum Gasteiger partial charge on any atom is -0.144 e. The molecule has 2 aromatic carbocycles. The zero-order chi connectivity index (χ0) is 21.0. The van der Waals surface area contributed by atoms with E-state index in [1.165, 1.54) is 17.9 Å². The van der Waals surface area contributed by atoms with Gasteiger partial charge in [0.15, 0.2) is 0 Å². The van der Waals surface area contributed by atoms with Crippen LogP contribution in [0.3, 0.4) is 0 Å². The van der Waals surface area contributed by atoms with Crippen LogP contribution in [0.4, 0.5) is 0 Å². The summed E-state index contributed by atoms with van der Waals surface area (Å²) in [4.78, 5) is 0. The van der Waals surface area contributed by atoms with Crippen LogP contribution in [-0.2, 0) is 17.9 Å². The summed E-state index contributed by atoms with van der Waals surface area (Å²) in [7, 11) is 5.78. The van der Waals surface area contributed by atoms with Crippen LogP contribution in [0, 0.1) is 12.1 Å². The molecule has 0 aromatic heterocycles. The average molecular weight is 608 g/mol. The second-order valence-corrected chi connectivity index (χ2v) is 14.6. The predicted octanol–water partition coefficient (Wildman–Crippen LogP) is 7.71. The molecule has 0 aliphatic carbocycles. The Morgan fingerprint density at radius 2 is 0.808 bits per heavy atom. The van der Waals surface area contributed by atoms with E-state index in [2.05, 4.69) is 81.7 Å². The Balaban J connectivity index is -0.000000317. The Hall–Kier alpha value is 0.669. The quantitative estimate of drug-likeness (QED) is 0.230. The van der Waals surface area contributed by atoms with Crippen molar-refractivity contribution in [1.29, 1.82) is 0 Å². The minimum atomic E-state index is 0.380. The van der Waals surface area contributed by atoms with Crippen LogP contribution in [0.2, 0.25) is 0 Å². The Labute approximate surface area is 182 Å². The number of benzene rings is 2. The topological polar surface area (TPSA) is 0 Å². The van der Waals surface area contributed by atoms with E-state index in [0.717, 1.165) is 11.1 Å². The number of hydrogen-bond acceptors (Lipinski definition) is 0. The molecule has 0 N–H and O–H groups in total. The van der Waals surface area contributed by atoms with Crippen molar-refractivity contribution >= 4 is 33.3 Å². The third-order valence-corrected chi connectivity index (χ3v) is 1.71. The summed E-state index contributed by atoms with van der Waals surface area (Å²) in [6, 6.07) is 22.1. The first kappa shape index (κ1) is 31.4. The summed E-state index contributed by atoms with van der Waals surface area (Å²) in [6.45, 7) is 20.1. The molecule has 5 heteroatoms. The number of rotatable bonds is 1. The van der Waals surface area contributed by atoms with Crippen LogP contribution < -0.4 is 0 Å². The van der Waals surface area contributed by atoms with Gasteiger partial charge in [-0.15, -0.1) is 35.9 Å². The Morgan fingerprint density at radius 3 is 0.962 bits per heavy atom. The minimum absolute atomic E-state index is 0.380. The Morgan fingerprint density at radius 1 is 0.577 bits per heavy atom. The SMILES string of the molecule is CP(C)C.CP(C)C.CP(C)C.[Cl][Ir+2].[c-]1ccccc1-c1[c-]cccc1. The van der Waals surface area contributed by atoms with Crippen molar-refractivity contribution in [3.8, 4) is 11.1 Å². The zero-order valence-corrected chi connectivity index (χ0v) is 23.5. The fourth-order valence-electron chi connectivity index (χ4n) is 1.12. The first-order valence-corrected chi connectivity index (χ1v) is 19.1. The van der Waals surface area contributed by atoms with Crippen LogP contribution in [0.25, 0.3) is 11.1 Å². The van der Waals surface area contributed by atoms with Crippen molar-refractivity contribution < 1.29 is 17.9 Å². The fourth-order valence-corrected chi connectivity index (χ4v) is 1.12. The van der Waals surface area contributed by atoms with Crippen molar-refractivity contribution in [2.45, 2.75) is 0 Å². The standard InChI is InChI=1S/C12H8.3C3H9P.ClH.Ir/c1-3-7-11(8-4-1)12-9-5-2-6-10-12;3*1-4(2)3;;/h1-7,9H;3*1-3H3;1H;/q-2;;;;;+3/p-1. The normalized spacial score (nSPS) is 8.85. The molecule has 0 atom stereocenters. The van der Waals surface area contributed by atoms with Gasteiger partial charge in [-0.25, -0.2) is 11.1 Å². The molecular formula is C21H35ClIrP3. The van der Waals surface area contributed by atoms with Crippen molar-refractivity contribution in [2.75, 3.05) is 60.0 Å². The van der Waals surface area contributed by atoms with E-state index in [-0.39, 0.29) is 0 Å². The molecular weight excluding hydrogens is 573 g/mol. The van der Waals surface area contributed by atoms with Crippen LogP contribution in [0.5, 0.6) is 0 Å². The molecule has 0 saturated carbocycles.